The molecular weight excluding hydrogens is 651 g/mol. The van der Waals surface area contributed by atoms with E-state index in [-0.39, 0.29) is 55.3 Å². The van der Waals surface area contributed by atoms with E-state index in [1.807, 2.05) is 26.0 Å². The molecule has 14 heteroatoms. The first-order valence-corrected chi connectivity index (χ1v) is 15.7. The number of carbonyl (C=O) groups excluding carboxylic acids is 2. The summed E-state index contributed by atoms with van der Waals surface area (Å²) in [6.07, 6.45) is -4.54. The molecule has 1 aromatic heterocycles. The van der Waals surface area contributed by atoms with Crippen LogP contribution >= 0.6 is 22.9 Å². The van der Waals surface area contributed by atoms with Gasteiger partial charge in [0.1, 0.15) is 22.7 Å². The Kier molecular flexibility index (Phi) is 11.2. The summed E-state index contributed by atoms with van der Waals surface area (Å²) in [6, 6.07) is 9.39. The lowest BCUT2D eigenvalue weighted by Gasteiger charge is -2.24. The Labute approximate surface area is 279 Å². The largest absolute Gasteiger partial charge is 0.417 e. The minimum atomic E-state index is -4.61. The molecule has 3 aromatic rings. The Bertz CT molecular complexity index is 1810. The zero-order chi connectivity index (χ0) is 34.5. The number of fused-ring (bicyclic) bond motifs is 1. The summed E-state index contributed by atoms with van der Waals surface area (Å²) in [4.78, 5) is 33.0. The molecule has 246 valence electrons. The molecule has 0 aliphatic carbocycles. The van der Waals surface area contributed by atoms with Crippen molar-refractivity contribution in [1.82, 2.24) is 5.32 Å². The molecule has 0 unspecified atom stereocenters. The number of carbonyl (C=O) groups is 2. The summed E-state index contributed by atoms with van der Waals surface area (Å²) in [7, 11) is 0. The first kappa shape index (κ1) is 35.3. The monoisotopic (exact) mass is 683 g/mol. The van der Waals surface area contributed by atoms with E-state index in [0.717, 1.165) is 39.8 Å². The van der Waals surface area contributed by atoms with E-state index >= 15 is 0 Å². The number of amides is 2. The Morgan fingerprint density at radius 1 is 1.15 bits per heavy atom. The minimum absolute atomic E-state index is 0.00875. The number of rotatable bonds is 8. The van der Waals surface area contributed by atoms with Gasteiger partial charge in [0.05, 0.1) is 24.2 Å². The average molecular weight is 684 g/mol. The van der Waals surface area contributed by atoms with E-state index in [4.69, 9.17) is 33.1 Å². The first-order chi connectivity index (χ1) is 22.2. The van der Waals surface area contributed by atoms with Crippen LogP contribution in [0.2, 0.25) is 5.02 Å². The molecule has 0 saturated heterocycles. The van der Waals surface area contributed by atoms with Crippen LogP contribution < -0.4 is 21.3 Å². The molecule has 0 saturated carbocycles. The van der Waals surface area contributed by atoms with Gasteiger partial charge in [-0.25, -0.2) is 0 Å². The SMILES string of the molecule is CC(=N)N1C(=N)[C@H](CC(=O)NCCCC(=O)Nc2ccc(C(F)(F)F)c(C#CCN)c2)N=C(c2ccc(Cl)cc2)c2c1sc(C)c2C. The van der Waals surface area contributed by atoms with Crippen LogP contribution in [0, 0.1) is 36.5 Å². The van der Waals surface area contributed by atoms with Crippen LogP contribution in [0.4, 0.5) is 23.9 Å². The zero-order valence-electron chi connectivity index (χ0n) is 25.9. The standard InChI is InChI=1S/C33H33ClF3N7O2S/c1-18-19(2)47-32-29(18)30(21-8-10-23(34)11-9-21)43-26(31(40)44(32)20(3)39)17-28(46)41-15-5-7-27(45)42-24-12-13-25(33(35,36)37)22(16-24)6-4-14-38/h8-13,16,26,39-40H,5,7,14-15,17,38H2,1-3H3,(H,41,46)(H,42,45)/t26-/m0/s1. The van der Waals surface area contributed by atoms with Gasteiger partial charge in [-0.15, -0.1) is 11.3 Å². The number of thiophene rings is 1. The van der Waals surface area contributed by atoms with Gasteiger partial charge < -0.3 is 16.4 Å². The molecule has 0 bridgehead atoms. The smallest absolute Gasteiger partial charge is 0.356 e. The maximum Gasteiger partial charge on any atom is 0.417 e. The number of anilines is 2. The number of benzene rings is 2. The normalized spacial score (nSPS) is 14.4. The van der Waals surface area contributed by atoms with Crippen molar-refractivity contribution in [2.75, 3.05) is 23.3 Å². The topological polar surface area (TPSA) is 148 Å². The molecule has 2 aromatic carbocycles. The molecule has 0 spiro atoms. The Hall–Kier alpha value is -4.51. The van der Waals surface area contributed by atoms with Crippen molar-refractivity contribution in [3.63, 3.8) is 0 Å². The Morgan fingerprint density at radius 2 is 1.85 bits per heavy atom. The highest BCUT2D eigenvalue weighted by Gasteiger charge is 2.35. The third kappa shape index (κ3) is 8.45. The predicted molar refractivity (Wildman–Crippen MR) is 181 cm³/mol. The molecule has 1 aliphatic heterocycles. The summed E-state index contributed by atoms with van der Waals surface area (Å²) < 4.78 is 40.0. The highest BCUT2D eigenvalue weighted by atomic mass is 35.5. The number of halogens is 4. The molecule has 2 amide bonds. The van der Waals surface area contributed by atoms with E-state index in [1.54, 1.807) is 19.1 Å². The number of aryl methyl sites for hydroxylation is 1. The number of aliphatic imine (C=N–C) groups is 1. The van der Waals surface area contributed by atoms with Crippen LogP contribution in [0.3, 0.4) is 0 Å². The maximum atomic E-state index is 13.3. The van der Waals surface area contributed by atoms with Crippen molar-refractivity contribution >= 4 is 62.8 Å². The second-order valence-corrected chi connectivity index (χ2v) is 12.4. The van der Waals surface area contributed by atoms with Gasteiger partial charge in [0, 0.05) is 45.2 Å². The van der Waals surface area contributed by atoms with E-state index in [2.05, 4.69) is 22.5 Å². The van der Waals surface area contributed by atoms with Crippen molar-refractivity contribution < 1.29 is 22.8 Å². The van der Waals surface area contributed by atoms with Gasteiger partial charge in [-0.2, -0.15) is 13.2 Å². The third-order valence-corrected chi connectivity index (χ3v) is 8.76. The maximum absolute atomic E-state index is 13.3. The van der Waals surface area contributed by atoms with E-state index in [1.165, 1.54) is 16.2 Å². The number of hydrogen-bond acceptors (Lipinski definition) is 7. The molecule has 2 heterocycles. The van der Waals surface area contributed by atoms with Gasteiger partial charge in [-0.05, 0) is 63.1 Å². The zero-order valence-corrected chi connectivity index (χ0v) is 27.4. The number of nitrogens with zero attached hydrogens (tertiary/aromatic N) is 2. The van der Waals surface area contributed by atoms with E-state index in [9.17, 15) is 22.8 Å². The summed E-state index contributed by atoms with van der Waals surface area (Å²) in [5.74, 6) is 4.05. The lowest BCUT2D eigenvalue weighted by Crippen LogP contribution is -2.42. The average Bonchev–Trinajstić information content (AvgIpc) is 3.22. The van der Waals surface area contributed by atoms with E-state index in [0.29, 0.717) is 15.7 Å². The number of nitrogens with one attached hydrogen (secondary N) is 4. The van der Waals surface area contributed by atoms with Crippen molar-refractivity contribution in [1.29, 1.82) is 10.8 Å². The Morgan fingerprint density at radius 3 is 2.49 bits per heavy atom. The predicted octanol–water partition coefficient (Wildman–Crippen LogP) is 6.27. The van der Waals surface area contributed by atoms with Gasteiger partial charge in [0.2, 0.25) is 11.8 Å². The van der Waals surface area contributed by atoms with Crippen LogP contribution in [0.5, 0.6) is 0 Å². The fourth-order valence-electron chi connectivity index (χ4n) is 4.95. The van der Waals surface area contributed by atoms with Crippen LogP contribution in [-0.4, -0.2) is 48.3 Å². The lowest BCUT2D eigenvalue weighted by molar-refractivity contribution is -0.137. The molecule has 6 N–H and O–H groups in total. The van der Waals surface area contributed by atoms with Crippen LogP contribution in [-0.2, 0) is 15.8 Å². The molecular formula is C33H33ClF3N7O2S. The first-order valence-electron chi connectivity index (χ1n) is 14.6. The number of alkyl halides is 3. The van der Waals surface area contributed by atoms with E-state index < -0.39 is 29.6 Å². The van der Waals surface area contributed by atoms with Crippen LogP contribution in [0.1, 0.15) is 58.9 Å². The molecule has 0 radical (unpaired) electrons. The summed E-state index contributed by atoms with van der Waals surface area (Å²) in [5, 5.41) is 24.0. The molecule has 1 aliphatic rings. The number of nitrogens with two attached hydrogens (primary N) is 1. The molecule has 1 atom stereocenters. The summed E-state index contributed by atoms with van der Waals surface area (Å²) in [6.45, 7) is 5.54. The van der Waals surface area contributed by atoms with Crippen molar-refractivity contribution in [2.45, 2.75) is 52.3 Å². The Balaban J connectivity index is 1.43. The quantitative estimate of drug-likeness (QED) is 0.0824. The van der Waals surface area contributed by atoms with Gasteiger partial charge in [0.25, 0.3) is 0 Å². The molecule has 0 fully saturated rings. The van der Waals surface area contributed by atoms with Gasteiger partial charge in [0.15, 0.2) is 0 Å². The lowest BCUT2D eigenvalue weighted by atomic mass is 9.99. The van der Waals surface area contributed by atoms with Crippen LogP contribution in [0.15, 0.2) is 47.5 Å². The fourth-order valence-corrected chi connectivity index (χ4v) is 6.30. The number of amidine groups is 2. The molecule has 47 heavy (non-hydrogen) atoms. The highest BCUT2D eigenvalue weighted by molar-refractivity contribution is 7.17. The summed E-state index contributed by atoms with van der Waals surface area (Å²) in [5.41, 5.74) is 7.36. The van der Waals surface area contributed by atoms with Crippen molar-refractivity contribution in [2.24, 2.45) is 10.7 Å². The van der Waals surface area contributed by atoms with Gasteiger partial charge in [-0.3, -0.25) is 30.3 Å². The fraction of sp³-hybridized carbons (Fsp3) is 0.303. The second-order valence-electron chi connectivity index (χ2n) is 10.7. The van der Waals surface area contributed by atoms with Crippen molar-refractivity contribution in [3.8, 4) is 11.8 Å². The van der Waals surface area contributed by atoms with Gasteiger partial charge in [-0.1, -0.05) is 35.6 Å². The molecule has 9 nitrogen and oxygen atoms in total. The molecule has 4 rings (SSSR count). The minimum Gasteiger partial charge on any atom is -0.356 e. The van der Waals surface area contributed by atoms with Crippen LogP contribution in [0.25, 0.3) is 0 Å². The summed E-state index contributed by atoms with van der Waals surface area (Å²) >= 11 is 7.59. The van der Waals surface area contributed by atoms with Gasteiger partial charge >= 0.3 is 6.18 Å². The second kappa shape index (κ2) is 14.9. The van der Waals surface area contributed by atoms with Crippen molar-refractivity contribution in [3.05, 3.63) is 80.2 Å². The number of hydrogen-bond donors (Lipinski definition) is 5. The third-order valence-electron chi connectivity index (χ3n) is 7.32. The highest BCUT2D eigenvalue weighted by Crippen LogP contribution is 2.40.